The van der Waals surface area contributed by atoms with Crippen molar-refractivity contribution >= 4 is 33.1 Å². The van der Waals surface area contributed by atoms with Crippen LogP contribution in [0.4, 0.5) is 5.69 Å². The van der Waals surface area contributed by atoms with E-state index in [1.165, 1.54) is 10.3 Å². The minimum atomic E-state index is 0.0437. The van der Waals surface area contributed by atoms with Crippen LogP contribution in [0.1, 0.15) is 24.8 Å². The van der Waals surface area contributed by atoms with Gasteiger partial charge in [-0.1, -0.05) is 6.07 Å². The van der Waals surface area contributed by atoms with Gasteiger partial charge < -0.3 is 11.1 Å². The highest BCUT2D eigenvalue weighted by atomic mass is 32.1. The summed E-state index contributed by atoms with van der Waals surface area (Å²) in [7, 11) is 0. The van der Waals surface area contributed by atoms with Crippen LogP contribution in [0.25, 0.3) is 20.8 Å². The molecule has 1 aromatic heterocycles. The summed E-state index contributed by atoms with van der Waals surface area (Å²) in [6, 6.07) is 14.4. The molecule has 0 bridgehead atoms. The number of fused-ring (bicyclic) bond motifs is 1. The zero-order valence-electron chi connectivity index (χ0n) is 14.2. The number of carbonyl (C=O) groups is 1. The van der Waals surface area contributed by atoms with E-state index in [4.69, 9.17) is 10.7 Å². The first-order chi connectivity index (χ1) is 12.1. The zero-order chi connectivity index (χ0) is 17.4. The Labute approximate surface area is 151 Å². The highest BCUT2D eigenvalue weighted by Gasteiger charge is 2.27. The van der Waals surface area contributed by atoms with E-state index in [0.717, 1.165) is 41.0 Å². The Morgan fingerprint density at radius 2 is 2.00 bits per heavy atom. The topological polar surface area (TPSA) is 68.0 Å². The van der Waals surface area contributed by atoms with Crippen molar-refractivity contribution in [3.8, 4) is 10.6 Å². The van der Waals surface area contributed by atoms with E-state index in [0.29, 0.717) is 0 Å². The van der Waals surface area contributed by atoms with Gasteiger partial charge in [-0.15, -0.1) is 11.3 Å². The van der Waals surface area contributed by atoms with Crippen LogP contribution in [0.2, 0.25) is 0 Å². The molecule has 3 aromatic rings. The number of nitrogens with zero attached hydrogens (tertiary/aromatic N) is 1. The minimum absolute atomic E-state index is 0.0437. The molecule has 1 amide bonds. The second-order valence-corrected chi connectivity index (χ2v) is 7.86. The average Bonchev–Trinajstić information content (AvgIpc) is 3.21. The summed E-state index contributed by atoms with van der Waals surface area (Å²) in [4.78, 5) is 17.0. The number of rotatable bonds is 3. The van der Waals surface area contributed by atoms with Gasteiger partial charge in [-0.25, -0.2) is 4.98 Å². The summed E-state index contributed by atoms with van der Waals surface area (Å²) in [5.41, 5.74) is 10.1. The van der Waals surface area contributed by atoms with E-state index in [9.17, 15) is 4.79 Å². The summed E-state index contributed by atoms with van der Waals surface area (Å²) in [5, 5.41) is 4.01. The smallest absolute Gasteiger partial charge is 0.227 e. The second-order valence-electron chi connectivity index (χ2n) is 6.83. The third-order valence-electron chi connectivity index (χ3n) is 4.79. The van der Waals surface area contributed by atoms with Crippen LogP contribution in [0.3, 0.4) is 0 Å². The lowest BCUT2D eigenvalue weighted by Gasteiger charge is -2.11. The number of nitrogens with one attached hydrogen (secondary N) is 1. The molecule has 0 saturated heterocycles. The molecule has 1 fully saturated rings. The number of aromatic nitrogens is 1. The molecule has 3 N–H and O–H groups in total. The van der Waals surface area contributed by atoms with Crippen molar-refractivity contribution in [2.45, 2.75) is 32.2 Å². The van der Waals surface area contributed by atoms with Crippen molar-refractivity contribution in [1.29, 1.82) is 0 Å². The Morgan fingerprint density at radius 3 is 2.72 bits per heavy atom. The molecule has 0 radical (unpaired) electrons. The van der Waals surface area contributed by atoms with Crippen molar-refractivity contribution in [2.75, 3.05) is 5.32 Å². The minimum Gasteiger partial charge on any atom is -0.328 e. The van der Waals surface area contributed by atoms with Gasteiger partial charge in [0.1, 0.15) is 5.01 Å². The lowest BCUT2D eigenvalue weighted by molar-refractivity contribution is -0.119. The molecule has 1 aliphatic carbocycles. The normalized spacial score (nSPS) is 20.1. The second kappa shape index (κ2) is 6.58. The van der Waals surface area contributed by atoms with E-state index in [1.807, 2.05) is 24.3 Å². The molecule has 4 nitrogen and oxygen atoms in total. The van der Waals surface area contributed by atoms with Crippen molar-refractivity contribution < 1.29 is 4.79 Å². The van der Waals surface area contributed by atoms with E-state index < -0.39 is 0 Å². The van der Waals surface area contributed by atoms with Crippen molar-refractivity contribution in [3.05, 3.63) is 48.0 Å². The summed E-state index contributed by atoms with van der Waals surface area (Å²) in [5.74, 6) is 0.123. The fraction of sp³-hybridized carbons (Fsp3) is 0.300. The highest BCUT2D eigenvalue weighted by Crippen LogP contribution is 2.31. The van der Waals surface area contributed by atoms with E-state index in [1.54, 1.807) is 11.3 Å². The molecule has 0 aliphatic heterocycles. The Balaban J connectivity index is 1.50. The van der Waals surface area contributed by atoms with Crippen LogP contribution in [0, 0.1) is 12.8 Å². The van der Waals surface area contributed by atoms with Gasteiger partial charge in [0.2, 0.25) is 5.91 Å². The Bertz CT molecular complexity index is 916. The quantitative estimate of drug-likeness (QED) is 0.738. The highest BCUT2D eigenvalue weighted by molar-refractivity contribution is 7.21. The molecule has 25 heavy (non-hydrogen) atoms. The first kappa shape index (κ1) is 16.2. The molecule has 0 spiro atoms. The Hall–Kier alpha value is -2.24. The number of thiazole rings is 1. The van der Waals surface area contributed by atoms with Gasteiger partial charge in [0, 0.05) is 23.2 Å². The van der Waals surface area contributed by atoms with Gasteiger partial charge >= 0.3 is 0 Å². The third kappa shape index (κ3) is 3.43. The lowest BCUT2D eigenvalue weighted by atomic mass is 10.1. The number of amides is 1. The predicted molar refractivity (Wildman–Crippen MR) is 104 cm³/mol. The maximum absolute atomic E-state index is 12.3. The molecular formula is C20H21N3OS. The van der Waals surface area contributed by atoms with Crippen LogP contribution in [-0.4, -0.2) is 16.9 Å². The van der Waals surface area contributed by atoms with E-state index in [2.05, 4.69) is 30.4 Å². The number of benzene rings is 2. The van der Waals surface area contributed by atoms with Crippen LogP contribution >= 0.6 is 11.3 Å². The molecule has 2 atom stereocenters. The molecule has 1 heterocycles. The summed E-state index contributed by atoms with van der Waals surface area (Å²) in [6.07, 6.45) is 2.61. The van der Waals surface area contributed by atoms with Crippen LogP contribution in [-0.2, 0) is 4.79 Å². The van der Waals surface area contributed by atoms with Gasteiger partial charge in [0.15, 0.2) is 0 Å². The molecule has 128 valence electrons. The molecule has 4 rings (SSSR count). The number of hydrogen-bond acceptors (Lipinski definition) is 4. The maximum atomic E-state index is 12.3. The van der Waals surface area contributed by atoms with Crippen molar-refractivity contribution in [1.82, 2.24) is 4.98 Å². The van der Waals surface area contributed by atoms with Gasteiger partial charge in [-0.2, -0.15) is 0 Å². The monoisotopic (exact) mass is 351 g/mol. The van der Waals surface area contributed by atoms with Gasteiger partial charge in [-0.05, 0) is 68.1 Å². The summed E-state index contributed by atoms with van der Waals surface area (Å²) >= 11 is 1.69. The molecule has 5 heteroatoms. The number of carbonyl (C=O) groups excluding carboxylic acids is 1. The molecule has 2 unspecified atom stereocenters. The first-order valence-corrected chi connectivity index (χ1v) is 9.44. The molecule has 1 aliphatic rings. The maximum Gasteiger partial charge on any atom is 0.227 e. The standard InChI is InChI=1S/C20H21N3OS/c1-12-2-9-17-18(10-12)25-20(23-17)13-4-7-16(8-5-13)22-19(24)14-3-6-15(21)11-14/h2,4-5,7-10,14-15H,3,6,11,21H2,1H3,(H,22,24). The largest absolute Gasteiger partial charge is 0.328 e. The van der Waals surface area contributed by atoms with Gasteiger partial charge in [-0.3, -0.25) is 4.79 Å². The Kier molecular flexibility index (Phi) is 4.27. The number of hydrogen-bond donors (Lipinski definition) is 2. The van der Waals surface area contributed by atoms with E-state index >= 15 is 0 Å². The van der Waals surface area contributed by atoms with Crippen LogP contribution in [0.15, 0.2) is 42.5 Å². The number of anilines is 1. The predicted octanol–water partition coefficient (Wildman–Crippen LogP) is 4.34. The molecule has 2 aromatic carbocycles. The summed E-state index contributed by atoms with van der Waals surface area (Å²) < 4.78 is 1.20. The third-order valence-corrected chi connectivity index (χ3v) is 5.85. The summed E-state index contributed by atoms with van der Waals surface area (Å²) in [6.45, 7) is 2.09. The van der Waals surface area contributed by atoms with Crippen molar-refractivity contribution in [3.63, 3.8) is 0 Å². The zero-order valence-corrected chi connectivity index (χ0v) is 15.0. The SMILES string of the molecule is Cc1ccc2nc(-c3ccc(NC(=O)C4CCC(N)C4)cc3)sc2c1. The number of aryl methyl sites for hydroxylation is 1. The number of nitrogens with two attached hydrogens (primary N) is 1. The fourth-order valence-electron chi connectivity index (χ4n) is 3.35. The van der Waals surface area contributed by atoms with Gasteiger partial charge in [0.05, 0.1) is 10.2 Å². The van der Waals surface area contributed by atoms with Crippen molar-refractivity contribution in [2.24, 2.45) is 11.7 Å². The van der Waals surface area contributed by atoms with E-state index in [-0.39, 0.29) is 17.9 Å². The van der Waals surface area contributed by atoms with Crippen LogP contribution in [0.5, 0.6) is 0 Å². The average molecular weight is 351 g/mol. The van der Waals surface area contributed by atoms with Crippen LogP contribution < -0.4 is 11.1 Å². The fourth-order valence-corrected chi connectivity index (χ4v) is 4.42. The Morgan fingerprint density at radius 1 is 1.20 bits per heavy atom. The van der Waals surface area contributed by atoms with Gasteiger partial charge in [0.25, 0.3) is 0 Å². The first-order valence-electron chi connectivity index (χ1n) is 8.62. The molecular weight excluding hydrogens is 330 g/mol. The molecule has 1 saturated carbocycles. The lowest BCUT2D eigenvalue weighted by Crippen LogP contribution is -2.23.